The minimum atomic E-state index is -0.516. The molecule has 0 aliphatic rings. The van der Waals surface area contributed by atoms with E-state index in [0.717, 1.165) is 33.4 Å². The number of carbonyl (C=O) groups is 2. The Labute approximate surface area is 230 Å². The van der Waals surface area contributed by atoms with Crippen LogP contribution in [-0.2, 0) is 69.9 Å². The minimum absolute atomic E-state index is 0.236. The van der Waals surface area contributed by atoms with E-state index in [1.807, 2.05) is 24.3 Å². The molecule has 10 nitrogen and oxygen atoms in total. The molecule has 0 heterocycles. The van der Waals surface area contributed by atoms with Gasteiger partial charge in [0.05, 0.1) is 40.6 Å². The maximum absolute atomic E-state index is 11.8. The first-order valence-electron chi connectivity index (χ1n) is 12.3. The van der Waals surface area contributed by atoms with E-state index in [2.05, 4.69) is 13.8 Å². The topological polar surface area (TPSA) is 108 Å². The summed E-state index contributed by atoms with van der Waals surface area (Å²) >= 11 is 0. The van der Waals surface area contributed by atoms with E-state index in [9.17, 15) is 9.59 Å². The summed E-state index contributed by atoms with van der Waals surface area (Å²) < 4.78 is 43.0. The molecule has 0 aliphatic heterocycles. The van der Waals surface area contributed by atoms with Gasteiger partial charge in [0, 0.05) is 56.1 Å². The van der Waals surface area contributed by atoms with E-state index in [1.165, 1.54) is 14.2 Å². The molecule has 0 unspecified atom stereocenters. The van der Waals surface area contributed by atoms with Gasteiger partial charge in [0.25, 0.3) is 0 Å². The van der Waals surface area contributed by atoms with Crippen molar-refractivity contribution in [3.05, 3.63) is 57.6 Å². The Hall–Kier alpha value is -3.18. The van der Waals surface area contributed by atoms with Crippen molar-refractivity contribution in [3.8, 4) is 11.5 Å². The Balaban J connectivity index is 2.67. The lowest BCUT2D eigenvalue weighted by atomic mass is 9.76. The highest BCUT2D eigenvalue weighted by Crippen LogP contribution is 2.40. The van der Waals surface area contributed by atoms with Crippen LogP contribution in [0.3, 0.4) is 0 Å². The molecule has 0 radical (unpaired) electrons. The molecule has 0 saturated carbocycles. The van der Waals surface area contributed by atoms with Gasteiger partial charge in [0.2, 0.25) is 0 Å². The standard InChI is InChI=1S/C29H40O10/c1-29(2,23-9-19(13-32-3)27(20(10-23)14-33-4)38-17-25(30)36-7)24-11-21(15-34-5)28(22(12-24)16-35-6)39-18-26(31)37-8/h9-12H,13-18H2,1-8H3. The molecule has 2 rings (SSSR count). The number of hydrogen-bond donors (Lipinski definition) is 0. The number of methoxy groups -OCH3 is 6. The number of carbonyl (C=O) groups excluding carboxylic acids is 2. The van der Waals surface area contributed by atoms with Crippen LogP contribution in [0.15, 0.2) is 24.3 Å². The summed E-state index contributed by atoms with van der Waals surface area (Å²) in [6, 6.07) is 8.01. The molecular formula is C29H40O10. The fourth-order valence-electron chi connectivity index (χ4n) is 4.20. The molecule has 0 bridgehead atoms. The second kappa shape index (κ2) is 15.4. The molecule has 2 aromatic rings. The summed E-state index contributed by atoms with van der Waals surface area (Å²) in [7, 11) is 9.01. The summed E-state index contributed by atoms with van der Waals surface area (Å²) in [5, 5.41) is 0. The normalized spacial score (nSPS) is 11.3. The number of benzene rings is 2. The van der Waals surface area contributed by atoms with Crippen LogP contribution in [0, 0.1) is 0 Å². The first kappa shape index (κ1) is 32.0. The van der Waals surface area contributed by atoms with Gasteiger partial charge in [-0.3, -0.25) is 0 Å². The zero-order chi connectivity index (χ0) is 29.0. The highest BCUT2D eigenvalue weighted by atomic mass is 16.6. The quantitative estimate of drug-likeness (QED) is 0.288. The Morgan fingerprint density at radius 1 is 0.564 bits per heavy atom. The second-order valence-corrected chi connectivity index (χ2v) is 9.33. The van der Waals surface area contributed by atoms with E-state index < -0.39 is 17.4 Å². The van der Waals surface area contributed by atoms with Crippen LogP contribution >= 0.6 is 0 Å². The lowest BCUT2D eigenvalue weighted by molar-refractivity contribution is -0.143. The molecule has 10 heteroatoms. The van der Waals surface area contributed by atoms with Gasteiger partial charge in [-0.1, -0.05) is 13.8 Å². The Bertz CT molecular complexity index is 970. The van der Waals surface area contributed by atoms with Crippen LogP contribution < -0.4 is 9.47 Å². The van der Waals surface area contributed by atoms with Crippen LogP contribution in [0.5, 0.6) is 11.5 Å². The smallest absolute Gasteiger partial charge is 0.343 e. The summed E-state index contributed by atoms with van der Waals surface area (Å²) in [5.74, 6) is 0.0692. The summed E-state index contributed by atoms with van der Waals surface area (Å²) in [6.07, 6.45) is 0. The maximum atomic E-state index is 11.8. The van der Waals surface area contributed by atoms with Crippen molar-refractivity contribution in [1.82, 2.24) is 0 Å². The van der Waals surface area contributed by atoms with Gasteiger partial charge in [-0.05, 0) is 35.4 Å². The third-order valence-corrected chi connectivity index (χ3v) is 6.25. The van der Waals surface area contributed by atoms with Crippen molar-refractivity contribution in [3.63, 3.8) is 0 Å². The van der Waals surface area contributed by atoms with Crippen molar-refractivity contribution in [2.24, 2.45) is 0 Å². The SMILES string of the molecule is COCc1cc(C(C)(C)c2cc(COC)c(OCC(=O)OC)c(COC)c2)cc(COC)c1OCC(=O)OC. The number of rotatable bonds is 16. The monoisotopic (exact) mass is 548 g/mol. The maximum Gasteiger partial charge on any atom is 0.343 e. The molecule has 216 valence electrons. The van der Waals surface area contributed by atoms with Crippen molar-refractivity contribution < 1.29 is 47.5 Å². The number of ether oxygens (including phenoxy) is 8. The lowest BCUT2D eigenvalue weighted by Crippen LogP contribution is -2.22. The van der Waals surface area contributed by atoms with Crippen molar-refractivity contribution >= 4 is 11.9 Å². The first-order chi connectivity index (χ1) is 18.7. The van der Waals surface area contributed by atoms with Crippen LogP contribution in [0.2, 0.25) is 0 Å². The lowest BCUT2D eigenvalue weighted by Gasteiger charge is -2.30. The van der Waals surface area contributed by atoms with E-state index in [-0.39, 0.29) is 39.6 Å². The fourth-order valence-corrected chi connectivity index (χ4v) is 4.20. The van der Waals surface area contributed by atoms with Gasteiger partial charge in [-0.2, -0.15) is 0 Å². The molecule has 0 aliphatic carbocycles. The zero-order valence-corrected chi connectivity index (χ0v) is 24.1. The largest absolute Gasteiger partial charge is 0.481 e. The summed E-state index contributed by atoms with van der Waals surface area (Å²) in [6.45, 7) is 4.79. The predicted octanol–water partition coefficient (Wildman–Crippen LogP) is 3.70. The summed E-state index contributed by atoms with van der Waals surface area (Å²) in [4.78, 5) is 23.5. The highest BCUT2D eigenvalue weighted by Gasteiger charge is 2.29. The van der Waals surface area contributed by atoms with Gasteiger partial charge in [0.1, 0.15) is 11.5 Å². The predicted molar refractivity (Wildman–Crippen MR) is 143 cm³/mol. The molecule has 39 heavy (non-hydrogen) atoms. The second-order valence-electron chi connectivity index (χ2n) is 9.33. The third-order valence-electron chi connectivity index (χ3n) is 6.25. The van der Waals surface area contributed by atoms with Crippen molar-refractivity contribution in [2.75, 3.05) is 55.9 Å². The third kappa shape index (κ3) is 8.40. The number of hydrogen-bond acceptors (Lipinski definition) is 10. The fraction of sp³-hybridized carbons (Fsp3) is 0.517. The first-order valence-corrected chi connectivity index (χ1v) is 12.3. The van der Waals surface area contributed by atoms with Gasteiger partial charge < -0.3 is 37.9 Å². The van der Waals surface area contributed by atoms with Crippen LogP contribution in [0.25, 0.3) is 0 Å². The Kier molecular flexibility index (Phi) is 12.7. The van der Waals surface area contributed by atoms with E-state index in [4.69, 9.17) is 37.9 Å². The van der Waals surface area contributed by atoms with Gasteiger partial charge in [-0.15, -0.1) is 0 Å². The molecule has 2 aromatic carbocycles. The van der Waals surface area contributed by atoms with Crippen LogP contribution in [0.4, 0.5) is 0 Å². The highest BCUT2D eigenvalue weighted by molar-refractivity contribution is 5.71. The Morgan fingerprint density at radius 2 is 0.846 bits per heavy atom. The average Bonchev–Trinajstić information content (AvgIpc) is 2.91. The Morgan fingerprint density at radius 3 is 1.08 bits per heavy atom. The van der Waals surface area contributed by atoms with E-state index in [1.54, 1.807) is 28.4 Å². The van der Waals surface area contributed by atoms with E-state index >= 15 is 0 Å². The molecule has 0 saturated heterocycles. The molecule has 0 aromatic heterocycles. The van der Waals surface area contributed by atoms with E-state index in [0.29, 0.717) is 11.5 Å². The molecule has 0 atom stereocenters. The molecule has 0 amide bonds. The van der Waals surface area contributed by atoms with Gasteiger partial charge >= 0.3 is 11.9 Å². The zero-order valence-electron chi connectivity index (χ0n) is 24.1. The molecule has 0 spiro atoms. The van der Waals surface area contributed by atoms with Crippen molar-refractivity contribution in [1.29, 1.82) is 0 Å². The molecule has 0 fully saturated rings. The van der Waals surface area contributed by atoms with Gasteiger partial charge in [-0.25, -0.2) is 9.59 Å². The molecule has 0 N–H and O–H groups in total. The minimum Gasteiger partial charge on any atom is -0.481 e. The number of esters is 2. The van der Waals surface area contributed by atoms with Gasteiger partial charge in [0.15, 0.2) is 13.2 Å². The van der Waals surface area contributed by atoms with Crippen molar-refractivity contribution in [2.45, 2.75) is 45.7 Å². The molecular weight excluding hydrogens is 508 g/mol. The van der Waals surface area contributed by atoms with Crippen LogP contribution in [-0.4, -0.2) is 67.8 Å². The average molecular weight is 549 g/mol. The van der Waals surface area contributed by atoms with Crippen LogP contribution in [0.1, 0.15) is 47.2 Å². The summed E-state index contributed by atoms with van der Waals surface area (Å²) in [5.41, 5.74) is 4.51.